The fourth-order valence-corrected chi connectivity index (χ4v) is 8.06. The van der Waals surface area contributed by atoms with Crippen LogP contribution in [0.1, 0.15) is 72.8 Å². The first kappa shape index (κ1) is 25.5. The van der Waals surface area contributed by atoms with E-state index in [-0.39, 0.29) is 16.9 Å². The third kappa shape index (κ3) is 3.46. The largest absolute Gasteiger partial charge is 0.372 e. The van der Waals surface area contributed by atoms with Crippen LogP contribution in [0.2, 0.25) is 0 Å². The number of benzene rings is 4. The molecule has 1 unspecified atom stereocenters. The second kappa shape index (κ2) is 8.80. The smallest absolute Gasteiger partial charge is 0.0946 e. The van der Waals surface area contributed by atoms with E-state index in [1.807, 2.05) is 0 Å². The van der Waals surface area contributed by atoms with Crippen LogP contribution in [-0.4, -0.2) is 4.98 Å². The molecule has 2 heteroatoms. The van der Waals surface area contributed by atoms with Gasteiger partial charge in [-0.3, -0.25) is 0 Å². The molecule has 9 rings (SSSR count). The van der Waals surface area contributed by atoms with Crippen molar-refractivity contribution in [2.45, 2.75) is 44.6 Å². The van der Waals surface area contributed by atoms with E-state index >= 15 is 0 Å². The molecule has 0 amide bonds. The quantitative estimate of drug-likeness (QED) is 0.230. The molecule has 0 saturated carbocycles. The van der Waals surface area contributed by atoms with Crippen molar-refractivity contribution in [2.24, 2.45) is 0 Å². The second-order valence-corrected chi connectivity index (χ2v) is 13.7. The molecule has 2 nitrogen and oxygen atoms in total. The predicted molar refractivity (Wildman–Crippen MR) is 182 cm³/mol. The van der Waals surface area contributed by atoms with Crippen LogP contribution in [-0.2, 0) is 10.8 Å². The summed E-state index contributed by atoms with van der Waals surface area (Å²) in [5.41, 5.74) is 18.9. The number of aromatic nitrogens is 1. The van der Waals surface area contributed by atoms with Crippen molar-refractivity contribution >= 4 is 11.8 Å². The van der Waals surface area contributed by atoms with E-state index in [0.29, 0.717) is 0 Å². The minimum absolute atomic E-state index is 0.00327. The summed E-state index contributed by atoms with van der Waals surface area (Å²) < 4.78 is 0. The first-order chi connectivity index (χ1) is 21.3. The highest BCUT2D eigenvalue weighted by atomic mass is 15.0. The van der Waals surface area contributed by atoms with E-state index in [0.717, 1.165) is 17.1 Å². The van der Waals surface area contributed by atoms with Gasteiger partial charge in [0.15, 0.2) is 0 Å². The van der Waals surface area contributed by atoms with Gasteiger partial charge in [0.2, 0.25) is 0 Å². The molecular weight excluding hydrogens is 532 g/mol. The molecule has 0 fully saturated rings. The highest BCUT2D eigenvalue weighted by Crippen LogP contribution is 2.51. The van der Waals surface area contributed by atoms with Crippen LogP contribution >= 0.6 is 0 Å². The number of allylic oxidation sites excluding steroid dienone is 2. The van der Waals surface area contributed by atoms with Gasteiger partial charge in [-0.25, -0.2) is 4.98 Å². The SMILES string of the molecule is CC1(C)c2ccccc2-c2ccc(C3=CC=C4C=Cc5ccc(-c6ccc7c(c6)C(C)(C)c6ccccc6-7)nc5C4N3)cc21. The standard InChI is InChI=1S/C42H34N2/c1-41(2)33-11-7-5-9-29(33)31-19-15-27(23-35(31)41)37-21-17-25-13-14-26-18-22-38(44-40(26)39(25)43-37)28-16-20-32-30-10-6-8-12-34(30)42(3,4)36(32)24-28/h5-24,39,43H,1-4H3. The fraction of sp³-hybridized carbons (Fsp3) is 0.167. The van der Waals surface area contributed by atoms with Crippen molar-refractivity contribution < 1.29 is 0 Å². The summed E-state index contributed by atoms with van der Waals surface area (Å²) >= 11 is 0. The lowest BCUT2D eigenvalue weighted by molar-refractivity contribution is 0.659. The van der Waals surface area contributed by atoms with Crippen LogP contribution in [0, 0.1) is 0 Å². The molecule has 2 heterocycles. The Morgan fingerprint density at radius 2 is 1.16 bits per heavy atom. The molecule has 0 radical (unpaired) electrons. The van der Waals surface area contributed by atoms with Gasteiger partial charge in [0.25, 0.3) is 0 Å². The molecule has 44 heavy (non-hydrogen) atoms. The van der Waals surface area contributed by atoms with Gasteiger partial charge < -0.3 is 5.32 Å². The van der Waals surface area contributed by atoms with E-state index in [4.69, 9.17) is 4.98 Å². The fourth-order valence-electron chi connectivity index (χ4n) is 8.06. The molecule has 1 aromatic heterocycles. The number of rotatable bonds is 2. The maximum absolute atomic E-state index is 5.34. The summed E-state index contributed by atoms with van der Waals surface area (Å²) in [6.45, 7) is 9.35. The van der Waals surface area contributed by atoms with Crippen molar-refractivity contribution in [2.75, 3.05) is 0 Å². The summed E-state index contributed by atoms with van der Waals surface area (Å²) in [6, 6.07) is 35.9. The van der Waals surface area contributed by atoms with Crippen molar-refractivity contribution in [3.63, 3.8) is 0 Å². The highest BCUT2D eigenvalue weighted by Gasteiger charge is 2.37. The Bertz CT molecular complexity index is 2150. The topological polar surface area (TPSA) is 24.9 Å². The summed E-state index contributed by atoms with van der Waals surface area (Å²) in [4.78, 5) is 5.34. The molecule has 3 aliphatic carbocycles. The molecule has 4 aliphatic rings. The van der Waals surface area contributed by atoms with Gasteiger partial charge in [-0.15, -0.1) is 0 Å². The first-order valence-corrected chi connectivity index (χ1v) is 15.7. The average Bonchev–Trinajstić information content (AvgIpc) is 3.43. The monoisotopic (exact) mass is 566 g/mol. The molecule has 1 aliphatic heterocycles. The Morgan fingerprint density at radius 1 is 0.568 bits per heavy atom. The van der Waals surface area contributed by atoms with Crippen LogP contribution in [0.4, 0.5) is 0 Å². The lowest BCUT2D eigenvalue weighted by atomic mass is 9.81. The summed E-state index contributed by atoms with van der Waals surface area (Å²) in [6.07, 6.45) is 8.91. The lowest BCUT2D eigenvalue weighted by Gasteiger charge is -2.30. The number of nitrogens with zero attached hydrogens (tertiary/aromatic N) is 1. The Morgan fingerprint density at radius 3 is 1.84 bits per heavy atom. The maximum atomic E-state index is 5.34. The third-order valence-corrected chi connectivity index (χ3v) is 10.5. The van der Waals surface area contributed by atoms with E-state index in [1.165, 1.54) is 66.8 Å². The van der Waals surface area contributed by atoms with Crippen molar-refractivity contribution in [1.29, 1.82) is 0 Å². The molecule has 5 aromatic rings. The molecule has 212 valence electrons. The van der Waals surface area contributed by atoms with Gasteiger partial charge >= 0.3 is 0 Å². The van der Waals surface area contributed by atoms with Gasteiger partial charge in [0, 0.05) is 22.1 Å². The van der Waals surface area contributed by atoms with Crippen LogP contribution in [0.5, 0.6) is 0 Å². The van der Waals surface area contributed by atoms with Crippen molar-refractivity contribution in [3.05, 3.63) is 160 Å². The van der Waals surface area contributed by atoms with Crippen LogP contribution < -0.4 is 5.32 Å². The average molecular weight is 567 g/mol. The zero-order chi connectivity index (χ0) is 29.8. The Kier molecular flexibility index (Phi) is 5.11. The summed E-state index contributed by atoms with van der Waals surface area (Å²) in [7, 11) is 0. The Balaban J connectivity index is 1.07. The van der Waals surface area contributed by atoms with Gasteiger partial charge in [-0.05, 0) is 85.5 Å². The predicted octanol–water partition coefficient (Wildman–Crippen LogP) is 10.00. The molecule has 4 aromatic carbocycles. The number of nitrogens with one attached hydrogen (secondary N) is 1. The van der Waals surface area contributed by atoms with E-state index in [2.05, 4.69) is 154 Å². The van der Waals surface area contributed by atoms with Crippen molar-refractivity contribution in [1.82, 2.24) is 10.3 Å². The number of pyridine rings is 1. The zero-order valence-corrected chi connectivity index (χ0v) is 25.6. The van der Waals surface area contributed by atoms with Crippen LogP contribution in [0.3, 0.4) is 0 Å². The van der Waals surface area contributed by atoms with Gasteiger partial charge in [-0.2, -0.15) is 0 Å². The van der Waals surface area contributed by atoms with Crippen LogP contribution in [0.15, 0.2) is 121 Å². The maximum Gasteiger partial charge on any atom is 0.0946 e. The first-order valence-electron chi connectivity index (χ1n) is 15.7. The molecule has 0 spiro atoms. The Hall–Kier alpha value is -4.95. The van der Waals surface area contributed by atoms with Gasteiger partial charge in [0.05, 0.1) is 17.4 Å². The summed E-state index contributed by atoms with van der Waals surface area (Å²) in [5, 5.41) is 3.89. The summed E-state index contributed by atoms with van der Waals surface area (Å²) in [5.74, 6) is 0. The third-order valence-electron chi connectivity index (χ3n) is 10.5. The number of fused-ring (bicyclic) bond motifs is 9. The van der Waals surface area contributed by atoms with Crippen molar-refractivity contribution in [3.8, 4) is 33.5 Å². The second-order valence-electron chi connectivity index (χ2n) is 13.7. The minimum atomic E-state index is -0.0365. The van der Waals surface area contributed by atoms with Crippen LogP contribution in [0.25, 0.3) is 45.3 Å². The Labute approximate surface area is 259 Å². The normalized spacial score (nSPS) is 19.0. The molecular formula is C42H34N2. The molecule has 0 saturated heterocycles. The molecule has 1 N–H and O–H groups in total. The number of dihydropyridines is 1. The highest BCUT2D eigenvalue weighted by molar-refractivity contribution is 5.85. The molecule has 1 atom stereocenters. The van der Waals surface area contributed by atoms with E-state index < -0.39 is 0 Å². The van der Waals surface area contributed by atoms with Gasteiger partial charge in [0.1, 0.15) is 0 Å². The van der Waals surface area contributed by atoms with Gasteiger partial charge in [-0.1, -0.05) is 125 Å². The minimum Gasteiger partial charge on any atom is -0.372 e. The number of hydrogen-bond donors (Lipinski definition) is 1. The van der Waals surface area contributed by atoms with E-state index in [9.17, 15) is 0 Å². The van der Waals surface area contributed by atoms with E-state index in [1.54, 1.807) is 0 Å². The zero-order valence-electron chi connectivity index (χ0n) is 25.6. The lowest BCUT2D eigenvalue weighted by Crippen LogP contribution is -2.27. The number of hydrogen-bond acceptors (Lipinski definition) is 2. The molecule has 0 bridgehead atoms.